The van der Waals surface area contributed by atoms with Crippen LogP contribution in [0.5, 0.6) is 5.75 Å². The third-order valence-corrected chi connectivity index (χ3v) is 3.89. The number of thiocarbonyl (C=S) groups is 1. The van der Waals surface area contributed by atoms with Crippen LogP contribution in [0.1, 0.15) is 30.9 Å². The van der Waals surface area contributed by atoms with E-state index in [1.54, 1.807) is 18.2 Å². The van der Waals surface area contributed by atoms with Gasteiger partial charge in [0.05, 0.1) is 12.1 Å². The van der Waals surface area contributed by atoms with Crippen LogP contribution in [0, 0.1) is 0 Å². The monoisotopic (exact) mass is 276 g/mol. The van der Waals surface area contributed by atoms with Gasteiger partial charge in [-0.05, 0) is 49.2 Å². The summed E-state index contributed by atoms with van der Waals surface area (Å²) >= 11 is 5.22. The number of hydrogen-bond donors (Lipinski definition) is 4. The molecule has 1 aliphatic carbocycles. The zero-order chi connectivity index (χ0) is 13.4. The number of benzene rings is 1. The Labute approximate surface area is 117 Å². The SMILES string of the molecule is Oc1cccc(C2NC(=S)NC3=C2C(O)CCC3)c1. The maximum absolute atomic E-state index is 10.2. The van der Waals surface area contributed by atoms with Crippen LogP contribution in [0.3, 0.4) is 0 Å². The lowest BCUT2D eigenvalue weighted by Crippen LogP contribution is -2.47. The number of rotatable bonds is 1. The summed E-state index contributed by atoms with van der Waals surface area (Å²) in [5.74, 6) is 0.219. The maximum atomic E-state index is 10.2. The van der Waals surface area contributed by atoms with E-state index < -0.39 is 6.10 Å². The first-order valence-electron chi connectivity index (χ1n) is 6.42. The predicted molar refractivity (Wildman–Crippen MR) is 76.6 cm³/mol. The number of phenolic OH excluding ortho intramolecular Hbond substituents is 1. The van der Waals surface area contributed by atoms with E-state index >= 15 is 0 Å². The molecule has 0 bridgehead atoms. The molecular weight excluding hydrogens is 260 g/mol. The standard InChI is InChI=1S/C14H16N2O2S/c17-9-4-1-3-8(7-9)13-12-10(15-14(19)16-13)5-2-6-11(12)18/h1,3-4,7,11,13,17-18H,2,5-6H2,(H2,15,16,19). The Kier molecular flexibility index (Phi) is 3.16. The quantitative estimate of drug-likeness (QED) is 0.588. The second kappa shape index (κ2) is 4.83. The lowest BCUT2D eigenvalue weighted by molar-refractivity contribution is 0.176. The third kappa shape index (κ3) is 2.31. The van der Waals surface area contributed by atoms with Crippen molar-refractivity contribution in [2.75, 3.05) is 0 Å². The van der Waals surface area contributed by atoms with Crippen LogP contribution in [0.4, 0.5) is 0 Å². The summed E-state index contributed by atoms with van der Waals surface area (Å²) < 4.78 is 0. The van der Waals surface area contributed by atoms with Gasteiger partial charge in [-0.15, -0.1) is 0 Å². The smallest absolute Gasteiger partial charge is 0.171 e. The molecule has 1 heterocycles. The minimum atomic E-state index is -0.459. The second-order valence-corrected chi connectivity index (χ2v) is 5.38. The fourth-order valence-corrected chi connectivity index (χ4v) is 3.06. The van der Waals surface area contributed by atoms with E-state index in [-0.39, 0.29) is 11.8 Å². The molecule has 2 atom stereocenters. The summed E-state index contributed by atoms with van der Waals surface area (Å²) in [5.41, 5.74) is 2.89. The van der Waals surface area contributed by atoms with E-state index in [9.17, 15) is 10.2 Å². The first-order chi connectivity index (χ1) is 9.15. The Morgan fingerprint density at radius 1 is 1.32 bits per heavy atom. The maximum Gasteiger partial charge on any atom is 0.171 e. The van der Waals surface area contributed by atoms with Crippen LogP contribution in [-0.4, -0.2) is 21.4 Å². The van der Waals surface area contributed by atoms with Gasteiger partial charge in [-0.3, -0.25) is 0 Å². The molecule has 0 aromatic heterocycles. The predicted octanol–water partition coefficient (Wildman–Crippen LogP) is 1.71. The number of nitrogens with one attached hydrogen (secondary N) is 2. The molecule has 1 aliphatic heterocycles. The highest BCUT2D eigenvalue weighted by molar-refractivity contribution is 7.80. The second-order valence-electron chi connectivity index (χ2n) is 4.97. The minimum absolute atomic E-state index is 0.161. The number of phenols is 1. The van der Waals surface area contributed by atoms with Gasteiger partial charge in [0.2, 0.25) is 0 Å². The van der Waals surface area contributed by atoms with Gasteiger partial charge in [0.15, 0.2) is 5.11 Å². The first kappa shape index (κ1) is 12.4. The molecule has 100 valence electrons. The number of aliphatic hydroxyl groups excluding tert-OH is 1. The third-order valence-electron chi connectivity index (χ3n) is 3.67. The van der Waals surface area contributed by atoms with Gasteiger partial charge in [0.1, 0.15) is 5.75 Å². The van der Waals surface area contributed by atoms with Gasteiger partial charge in [0.25, 0.3) is 0 Å². The van der Waals surface area contributed by atoms with Crippen LogP contribution in [0.25, 0.3) is 0 Å². The highest BCUT2D eigenvalue weighted by atomic mass is 32.1. The van der Waals surface area contributed by atoms with Crippen molar-refractivity contribution in [1.82, 2.24) is 10.6 Å². The van der Waals surface area contributed by atoms with Gasteiger partial charge in [-0.25, -0.2) is 0 Å². The molecule has 0 saturated carbocycles. The number of aliphatic hydroxyl groups is 1. The largest absolute Gasteiger partial charge is 0.508 e. The van der Waals surface area contributed by atoms with Crippen molar-refractivity contribution in [3.05, 3.63) is 41.1 Å². The van der Waals surface area contributed by atoms with Crippen molar-refractivity contribution in [3.8, 4) is 5.75 Å². The van der Waals surface area contributed by atoms with E-state index in [2.05, 4.69) is 10.6 Å². The summed E-state index contributed by atoms with van der Waals surface area (Å²) in [7, 11) is 0. The van der Waals surface area contributed by atoms with Crippen LogP contribution >= 0.6 is 12.2 Å². The molecule has 0 fully saturated rings. The molecule has 3 rings (SSSR count). The lowest BCUT2D eigenvalue weighted by atomic mass is 9.84. The molecule has 0 radical (unpaired) electrons. The van der Waals surface area contributed by atoms with Crippen LogP contribution in [-0.2, 0) is 0 Å². The molecule has 0 saturated heterocycles. The van der Waals surface area contributed by atoms with Crippen molar-refractivity contribution in [2.45, 2.75) is 31.4 Å². The summed E-state index contributed by atoms with van der Waals surface area (Å²) in [6.07, 6.45) is 2.18. The average Bonchev–Trinajstić information content (AvgIpc) is 2.37. The molecule has 0 spiro atoms. The summed E-state index contributed by atoms with van der Waals surface area (Å²) in [4.78, 5) is 0. The first-order valence-corrected chi connectivity index (χ1v) is 6.83. The van der Waals surface area contributed by atoms with Gasteiger partial charge in [-0.2, -0.15) is 0 Å². The molecule has 4 N–H and O–H groups in total. The number of aromatic hydroxyl groups is 1. The lowest BCUT2D eigenvalue weighted by Gasteiger charge is -2.37. The minimum Gasteiger partial charge on any atom is -0.508 e. The molecule has 19 heavy (non-hydrogen) atoms. The van der Waals surface area contributed by atoms with Crippen molar-refractivity contribution < 1.29 is 10.2 Å². The molecule has 5 heteroatoms. The van der Waals surface area contributed by atoms with Crippen molar-refractivity contribution in [2.24, 2.45) is 0 Å². The van der Waals surface area contributed by atoms with Crippen molar-refractivity contribution in [3.63, 3.8) is 0 Å². The highest BCUT2D eigenvalue weighted by Crippen LogP contribution is 2.36. The molecular formula is C14H16N2O2S. The molecule has 4 nitrogen and oxygen atoms in total. The normalized spacial score (nSPS) is 26.5. The molecule has 0 amide bonds. The molecule has 1 aromatic carbocycles. The van der Waals surface area contributed by atoms with Gasteiger partial charge in [-0.1, -0.05) is 12.1 Å². The summed E-state index contributed by atoms with van der Waals surface area (Å²) in [6.45, 7) is 0. The van der Waals surface area contributed by atoms with E-state index in [1.165, 1.54) is 0 Å². The van der Waals surface area contributed by atoms with E-state index in [0.29, 0.717) is 5.11 Å². The molecule has 1 aromatic rings. The fraction of sp³-hybridized carbons (Fsp3) is 0.357. The number of allylic oxidation sites excluding steroid dienone is 1. The van der Waals surface area contributed by atoms with Gasteiger partial charge < -0.3 is 20.8 Å². The van der Waals surface area contributed by atoms with E-state index in [4.69, 9.17) is 12.2 Å². The molecule has 2 aliphatic rings. The van der Waals surface area contributed by atoms with Crippen LogP contribution < -0.4 is 10.6 Å². The summed E-state index contributed by atoms with van der Waals surface area (Å²) in [5, 5.41) is 26.8. The van der Waals surface area contributed by atoms with Crippen molar-refractivity contribution in [1.29, 1.82) is 0 Å². The van der Waals surface area contributed by atoms with Gasteiger partial charge >= 0.3 is 0 Å². The average molecular weight is 276 g/mol. The molecule has 2 unspecified atom stereocenters. The highest BCUT2D eigenvalue weighted by Gasteiger charge is 2.33. The fourth-order valence-electron chi connectivity index (χ4n) is 2.82. The van der Waals surface area contributed by atoms with Crippen LogP contribution in [0.15, 0.2) is 35.5 Å². The zero-order valence-corrected chi connectivity index (χ0v) is 11.2. The van der Waals surface area contributed by atoms with E-state index in [0.717, 1.165) is 36.1 Å². The zero-order valence-electron chi connectivity index (χ0n) is 10.4. The Balaban J connectivity index is 2.05. The van der Waals surface area contributed by atoms with E-state index in [1.807, 2.05) is 6.07 Å². The Bertz CT molecular complexity index is 556. The Morgan fingerprint density at radius 3 is 2.95 bits per heavy atom. The van der Waals surface area contributed by atoms with Crippen molar-refractivity contribution >= 4 is 17.3 Å². The van der Waals surface area contributed by atoms with Gasteiger partial charge in [0, 0.05) is 11.3 Å². The summed E-state index contributed by atoms with van der Waals surface area (Å²) in [6, 6.07) is 6.91. The Hall–Kier alpha value is -1.59. The number of hydrogen-bond acceptors (Lipinski definition) is 3. The van der Waals surface area contributed by atoms with Crippen LogP contribution in [0.2, 0.25) is 0 Å². The Morgan fingerprint density at radius 2 is 2.16 bits per heavy atom. The topological polar surface area (TPSA) is 64.5 Å².